The predicted molar refractivity (Wildman–Crippen MR) is 43.7 cm³/mol. The molecule has 13 heavy (non-hydrogen) atoms. The molecule has 5 nitrogen and oxygen atoms in total. The van der Waals surface area contributed by atoms with Crippen molar-refractivity contribution >= 4 is 23.7 Å². The van der Waals surface area contributed by atoms with Gasteiger partial charge in [-0.3, -0.25) is 8.58 Å². The van der Waals surface area contributed by atoms with Crippen LogP contribution in [0.2, 0.25) is 0 Å². The highest BCUT2D eigenvalue weighted by molar-refractivity contribution is 6.07. The Hall–Kier alpha value is 0.380. The first kappa shape index (κ1) is 11.5. The smallest absolute Gasteiger partial charge is 0.156 e. The molecule has 2 N–H and O–H groups in total. The van der Waals surface area contributed by atoms with Crippen molar-refractivity contribution in [3.05, 3.63) is 6.10 Å². The Morgan fingerprint density at radius 3 is 2.54 bits per heavy atom. The van der Waals surface area contributed by atoms with Crippen LogP contribution in [0.5, 0.6) is 0 Å². The Morgan fingerprint density at radius 2 is 2.00 bits per heavy atom. The van der Waals surface area contributed by atoms with E-state index in [-0.39, 0.29) is 19.3 Å². The molecule has 1 fully saturated rings. The fourth-order valence-electron chi connectivity index (χ4n) is 1.10. The van der Waals surface area contributed by atoms with Crippen LogP contribution in [-0.2, 0) is 13.3 Å². The zero-order valence-electron chi connectivity index (χ0n) is 6.52. The molecule has 0 aromatic carbocycles. The van der Waals surface area contributed by atoms with E-state index in [0.717, 1.165) is 0 Å². The van der Waals surface area contributed by atoms with Crippen molar-refractivity contribution < 1.29 is 23.5 Å². The largest absolute Gasteiger partial charge is 0.387 e. The zero-order chi connectivity index (χ0) is 9.84. The summed E-state index contributed by atoms with van der Waals surface area (Å²) in [4.78, 5) is 0. The normalized spacial score (nSPS) is 35.5. The SMILES string of the molecule is O[C@H]1[C@H](O)[C](COCl)O[C@@H]1COCl. The van der Waals surface area contributed by atoms with E-state index in [2.05, 4.69) is 8.58 Å². The number of aliphatic hydroxyl groups excluding tert-OH is 2. The molecule has 7 heteroatoms. The van der Waals surface area contributed by atoms with Crippen molar-refractivity contribution in [1.82, 2.24) is 0 Å². The lowest BCUT2D eigenvalue weighted by Crippen LogP contribution is -2.33. The van der Waals surface area contributed by atoms with Gasteiger partial charge in [-0.25, -0.2) is 0 Å². The van der Waals surface area contributed by atoms with Gasteiger partial charge >= 0.3 is 0 Å². The topological polar surface area (TPSA) is 68.2 Å². The van der Waals surface area contributed by atoms with Gasteiger partial charge in [-0.05, 0) is 0 Å². The highest BCUT2D eigenvalue weighted by Gasteiger charge is 2.43. The van der Waals surface area contributed by atoms with Crippen molar-refractivity contribution in [3.63, 3.8) is 0 Å². The molecule has 0 unspecified atom stereocenters. The minimum absolute atomic E-state index is 0.0223. The summed E-state index contributed by atoms with van der Waals surface area (Å²) in [7, 11) is 0. The summed E-state index contributed by atoms with van der Waals surface area (Å²) >= 11 is 9.95. The van der Waals surface area contributed by atoms with Crippen LogP contribution in [0.1, 0.15) is 0 Å². The summed E-state index contributed by atoms with van der Waals surface area (Å²) in [6.45, 7) is -0.107. The maximum absolute atomic E-state index is 9.35. The molecule has 1 rings (SSSR count). The summed E-state index contributed by atoms with van der Waals surface area (Å²) in [5.41, 5.74) is 0. The van der Waals surface area contributed by atoms with Crippen molar-refractivity contribution in [2.75, 3.05) is 13.2 Å². The van der Waals surface area contributed by atoms with E-state index >= 15 is 0 Å². The molecule has 1 heterocycles. The van der Waals surface area contributed by atoms with Gasteiger partial charge in [0.2, 0.25) is 0 Å². The average Bonchev–Trinajstić information content (AvgIpc) is 2.36. The second kappa shape index (κ2) is 5.31. The predicted octanol–water partition coefficient (Wildman–Crippen LogP) is -0.0202. The first-order valence-corrected chi connectivity index (χ1v) is 4.18. The van der Waals surface area contributed by atoms with Crippen LogP contribution in [-0.4, -0.2) is 41.7 Å². The lowest BCUT2D eigenvalue weighted by molar-refractivity contribution is 0.000489. The van der Waals surface area contributed by atoms with Crippen LogP contribution in [0.3, 0.4) is 0 Å². The average molecular weight is 232 g/mol. The van der Waals surface area contributed by atoms with Crippen molar-refractivity contribution in [1.29, 1.82) is 0 Å². The van der Waals surface area contributed by atoms with Crippen LogP contribution in [0.15, 0.2) is 0 Å². The van der Waals surface area contributed by atoms with Gasteiger partial charge in [-0.2, -0.15) is 0 Å². The number of hydrogen-bond donors (Lipinski definition) is 2. The molecule has 0 aromatic heterocycles. The molecular formula is C6H9Cl2O5. The molecule has 1 aliphatic heterocycles. The van der Waals surface area contributed by atoms with Crippen LogP contribution in [0.4, 0.5) is 0 Å². The third kappa shape index (κ3) is 2.66. The lowest BCUT2D eigenvalue weighted by Gasteiger charge is -2.11. The summed E-state index contributed by atoms with van der Waals surface area (Å²) < 4.78 is 13.6. The molecule has 77 valence electrons. The molecule has 0 amide bonds. The van der Waals surface area contributed by atoms with Crippen LogP contribution < -0.4 is 0 Å². The summed E-state index contributed by atoms with van der Waals surface area (Å²) in [5, 5.41) is 18.7. The number of rotatable bonds is 4. The number of ether oxygens (including phenoxy) is 1. The summed E-state index contributed by atoms with van der Waals surface area (Å²) in [5.74, 6) is 0. The van der Waals surface area contributed by atoms with E-state index in [4.69, 9.17) is 28.5 Å². The van der Waals surface area contributed by atoms with Gasteiger partial charge in [0.1, 0.15) is 24.9 Å². The Bertz CT molecular complexity index is 142. The van der Waals surface area contributed by atoms with Gasteiger partial charge in [0.25, 0.3) is 0 Å². The van der Waals surface area contributed by atoms with Gasteiger partial charge in [0.05, 0.1) is 30.3 Å². The second-order valence-corrected chi connectivity index (χ2v) is 3.02. The molecule has 1 radical (unpaired) electrons. The third-order valence-electron chi connectivity index (χ3n) is 1.76. The third-order valence-corrected chi connectivity index (χ3v) is 2.00. The van der Waals surface area contributed by atoms with Gasteiger partial charge in [-0.15, -0.1) is 0 Å². The number of hydrogen-bond acceptors (Lipinski definition) is 5. The Morgan fingerprint density at radius 1 is 1.31 bits per heavy atom. The van der Waals surface area contributed by atoms with Crippen LogP contribution in [0, 0.1) is 6.10 Å². The highest BCUT2D eigenvalue weighted by Crippen LogP contribution is 2.27. The van der Waals surface area contributed by atoms with Gasteiger partial charge < -0.3 is 14.9 Å². The van der Waals surface area contributed by atoms with E-state index in [1.807, 2.05) is 0 Å². The monoisotopic (exact) mass is 231 g/mol. The van der Waals surface area contributed by atoms with Gasteiger partial charge in [-0.1, -0.05) is 0 Å². The molecule has 3 atom stereocenters. The Kier molecular flexibility index (Phi) is 4.68. The molecule has 0 saturated carbocycles. The van der Waals surface area contributed by atoms with Gasteiger partial charge in [0, 0.05) is 0 Å². The van der Waals surface area contributed by atoms with E-state index in [9.17, 15) is 10.2 Å². The molecular weight excluding hydrogens is 223 g/mol. The van der Waals surface area contributed by atoms with Crippen LogP contribution >= 0.6 is 23.7 Å². The number of aliphatic hydroxyl groups is 2. The van der Waals surface area contributed by atoms with E-state index in [1.54, 1.807) is 0 Å². The minimum Gasteiger partial charge on any atom is -0.387 e. The Balaban J connectivity index is 2.45. The second-order valence-electron chi connectivity index (χ2n) is 2.59. The van der Waals surface area contributed by atoms with Gasteiger partial charge in [0.15, 0.2) is 6.10 Å². The standard InChI is InChI=1S/C6H9Cl2O5/c7-11-1-3-5(9)6(10)4(13-3)2-12-8/h3,5-6,9-10H,1-2H2/t3-,5-,6-/m1/s1. The first-order valence-electron chi connectivity index (χ1n) is 3.56. The Labute approximate surface area is 85.4 Å². The fraction of sp³-hybridized carbons (Fsp3) is 0.833. The lowest BCUT2D eigenvalue weighted by atomic mass is 10.1. The van der Waals surface area contributed by atoms with Crippen molar-refractivity contribution in [2.45, 2.75) is 18.3 Å². The summed E-state index contributed by atoms with van der Waals surface area (Å²) in [6.07, 6.45) is -2.70. The van der Waals surface area contributed by atoms with E-state index < -0.39 is 18.3 Å². The molecule has 0 bridgehead atoms. The maximum atomic E-state index is 9.35. The van der Waals surface area contributed by atoms with Crippen molar-refractivity contribution in [2.24, 2.45) is 0 Å². The number of halogens is 2. The zero-order valence-corrected chi connectivity index (χ0v) is 8.03. The highest BCUT2D eigenvalue weighted by atomic mass is 35.5. The summed E-state index contributed by atoms with van der Waals surface area (Å²) in [6, 6.07) is 0. The minimum atomic E-state index is -1.12. The molecule has 0 aliphatic carbocycles. The van der Waals surface area contributed by atoms with Crippen molar-refractivity contribution in [3.8, 4) is 0 Å². The van der Waals surface area contributed by atoms with E-state index in [1.165, 1.54) is 0 Å². The molecule has 1 aliphatic rings. The molecule has 0 aromatic rings. The molecule has 1 saturated heterocycles. The fourth-order valence-corrected chi connectivity index (χ4v) is 1.33. The quantitative estimate of drug-likeness (QED) is 0.712. The first-order chi connectivity index (χ1) is 6.20. The molecule has 0 spiro atoms. The maximum Gasteiger partial charge on any atom is 0.156 e. The van der Waals surface area contributed by atoms with E-state index in [0.29, 0.717) is 0 Å². The van der Waals surface area contributed by atoms with Crippen LogP contribution in [0.25, 0.3) is 0 Å².